The minimum atomic E-state index is -0.651. The first-order valence-electron chi connectivity index (χ1n) is 8.07. The maximum atomic E-state index is 13.0. The van der Waals surface area contributed by atoms with Crippen molar-refractivity contribution in [3.8, 4) is 5.75 Å². The van der Waals surface area contributed by atoms with Gasteiger partial charge in [-0.05, 0) is 49.4 Å². The molecule has 3 N–H and O–H groups in total. The minimum absolute atomic E-state index is 0.311. The number of hydrogen-bond acceptors (Lipinski definition) is 3. The third-order valence-electron chi connectivity index (χ3n) is 4.12. The Labute approximate surface area is 173 Å². The summed E-state index contributed by atoms with van der Waals surface area (Å²) in [6.07, 6.45) is 0. The molecule has 8 heteroatoms. The molecule has 1 aliphatic rings. The van der Waals surface area contributed by atoms with Gasteiger partial charge in [0.1, 0.15) is 5.75 Å². The van der Waals surface area contributed by atoms with E-state index in [0.717, 1.165) is 8.95 Å². The van der Waals surface area contributed by atoms with Gasteiger partial charge < -0.3 is 20.7 Å². The van der Waals surface area contributed by atoms with E-state index in [0.29, 0.717) is 28.3 Å². The zero-order chi connectivity index (χ0) is 19.6. The van der Waals surface area contributed by atoms with Gasteiger partial charge in [0.25, 0.3) is 5.91 Å². The lowest BCUT2D eigenvalue weighted by atomic mass is 9.94. The number of ether oxygens (including phenoxy) is 1. The molecule has 6 nitrogen and oxygen atoms in total. The number of halogens is 2. The van der Waals surface area contributed by atoms with Crippen molar-refractivity contribution in [1.82, 2.24) is 10.6 Å². The molecule has 0 fully saturated rings. The molecule has 0 aliphatic carbocycles. The summed E-state index contributed by atoms with van der Waals surface area (Å²) in [5, 5.41) is 8.35. The number of urea groups is 1. The fourth-order valence-electron chi connectivity index (χ4n) is 2.89. The Hall–Kier alpha value is -2.32. The fraction of sp³-hybridized carbons (Fsp3) is 0.158. The quantitative estimate of drug-likeness (QED) is 0.586. The van der Waals surface area contributed by atoms with Crippen molar-refractivity contribution in [3.63, 3.8) is 0 Å². The van der Waals surface area contributed by atoms with Crippen molar-refractivity contribution in [2.75, 3.05) is 12.4 Å². The van der Waals surface area contributed by atoms with Crippen molar-refractivity contribution < 1.29 is 14.3 Å². The van der Waals surface area contributed by atoms with Crippen LogP contribution < -0.4 is 20.7 Å². The highest BCUT2D eigenvalue weighted by Crippen LogP contribution is 2.35. The Morgan fingerprint density at radius 2 is 1.78 bits per heavy atom. The summed E-state index contributed by atoms with van der Waals surface area (Å²) in [6.45, 7) is 1.70. The number of amides is 3. The van der Waals surface area contributed by atoms with Gasteiger partial charge in [-0.3, -0.25) is 4.79 Å². The second kappa shape index (κ2) is 8.14. The van der Waals surface area contributed by atoms with Crippen molar-refractivity contribution in [1.29, 1.82) is 0 Å². The summed E-state index contributed by atoms with van der Waals surface area (Å²) in [6, 6.07) is 11.7. The van der Waals surface area contributed by atoms with Crippen LogP contribution in [0.4, 0.5) is 10.5 Å². The molecule has 140 valence electrons. The predicted octanol–water partition coefficient (Wildman–Crippen LogP) is 4.49. The first kappa shape index (κ1) is 19.4. The smallest absolute Gasteiger partial charge is 0.319 e. The van der Waals surface area contributed by atoms with Gasteiger partial charge in [0, 0.05) is 25.9 Å². The van der Waals surface area contributed by atoms with Gasteiger partial charge in [-0.15, -0.1) is 0 Å². The highest BCUT2D eigenvalue weighted by atomic mass is 79.9. The van der Waals surface area contributed by atoms with E-state index in [2.05, 4.69) is 47.8 Å². The number of carbonyl (C=O) groups excluding carboxylic acids is 2. The number of hydrogen-bond donors (Lipinski definition) is 3. The molecule has 0 radical (unpaired) electrons. The maximum Gasteiger partial charge on any atom is 0.319 e. The molecule has 0 bridgehead atoms. The maximum absolute atomic E-state index is 13.0. The van der Waals surface area contributed by atoms with Crippen LogP contribution >= 0.6 is 31.9 Å². The van der Waals surface area contributed by atoms with Crippen molar-refractivity contribution in [3.05, 3.63) is 68.2 Å². The number of methoxy groups -OCH3 is 1. The second-order valence-electron chi connectivity index (χ2n) is 5.92. The van der Waals surface area contributed by atoms with Crippen LogP contribution in [0.3, 0.4) is 0 Å². The molecular formula is C19H17Br2N3O3. The first-order chi connectivity index (χ1) is 12.9. The first-order valence-corrected chi connectivity index (χ1v) is 9.66. The average Bonchev–Trinajstić information content (AvgIpc) is 2.62. The predicted molar refractivity (Wildman–Crippen MR) is 111 cm³/mol. The molecule has 0 unspecified atom stereocenters. The van der Waals surface area contributed by atoms with Crippen molar-refractivity contribution in [2.24, 2.45) is 0 Å². The number of benzene rings is 2. The van der Waals surface area contributed by atoms with Gasteiger partial charge in [0.2, 0.25) is 0 Å². The number of rotatable bonds is 4. The molecule has 0 saturated heterocycles. The second-order valence-corrected chi connectivity index (χ2v) is 7.75. The van der Waals surface area contributed by atoms with E-state index in [-0.39, 0.29) is 11.9 Å². The third kappa shape index (κ3) is 4.33. The molecule has 1 aliphatic heterocycles. The van der Waals surface area contributed by atoms with Crippen molar-refractivity contribution >= 4 is 49.5 Å². The molecule has 1 heterocycles. The number of nitrogens with one attached hydrogen (secondary N) is 3. The van der Waals surface area contributed by atoms with Crippen molar-refractivity contribution in [2.45, 2.75) is 13.0 Å². The van der Waals surface area contributed by atoms with Gasteiger partial charge >= 0.3 is 6.03 Å². The van der Waals surface area contributed by atoms with Gasteiger partial charge in [0.05, 0.1) is 18.7 Å². The van der Waals surface area contributed by atoms with Gasteiger partial charge in [-0.25, -0.2) is 4.79 Å². The molecular weight excluding hydrogens is 478 g/mol. The Morgan fingerprint density at radius 3 is 2.44 bits per heavy atom. The van der Waals surface area contributed by atoms with Gasteiger partial charge in [-0.1, -0.05) is 31.9 Å². The van der Waals surface area contributed by atoms with E-state index in [1.54, 1.807) is 32.2 Å². The summed E-state index contributed by atoms with van der Waals surface area (Å²) < 4.78 is 7.16. The molecule has 2 aromatic carbocycles. The lowest BCUT2D eigenvalue weighted by Crippen LogP contribution is -2.46. The van der Waals surface area contributed by atoms with Crippen LogP contribution in [-0.4, -0.2) is 19.0 Å². The summed E-state index contributed by atoms with van der Waals surface area (Å²) in [5.74, 6) is 0.265. The molecule has 3 amide bonds. The molecule has 0 aromatic heterocycles. The van der Waals surface area contributed by atoms with E-state index in [4.69, 9.17) is 4.74 Å². The standard InChI is InChI=1S/C19H17Br2N3O3/c1-10-16(18(25)23-13-6-3-11(20)4-7-13)17(24-19(26)22-10)14-9-12(21)5-8-15(14)27-2/h3-9,17H,1-2H3,(H,23,25)(H2,22,24,26)/t17-/m1/s1. The number of allylic oxidation sites excluding steroid dienone is 1. The van der Waals surface area contributed by atoms with Crippen LogP contribution in [0.25, 0.3) is 0 Å². The minimum Gasteiger partial charge on any atom is -0.496 e. The highest BCUT2D eigenvalue weighted by Gasteiger charge is 2.33. The molecule has 0 saturated carbocycles. The topological polar surface area (TPSA) is 79.5 Å². The Kier molecular flexibility index (Phi) is 5.86. The van der Waals surface area contributed by atoms with Crippen LogP contribution in [0.15, 0.2) is 62.7 Å². The Bertz CT molecular complexity index is 926. The Balaban J connectivity index is 2.00. The summed E-state index contributed by atoms with van der Waals surface area (Å²) >= 11 is 6.80. The summed E-state index contributed by atoms with van der Waals surface area (Å²) in [7, 11) is 1.55. The summed E-state index contributed by atoms with van der Waals surface area (Å²) in [5.41, 5.74) is 2.23. The molecule has 0 spiro atoms. The van der Waals surface area contributed by atoms with Gasteiger partial charge in [-0.2, -0.15) is 0 Å². The Morgan fingerprint density at radius 1 is 1.11 bits per heavy atom. The molecule has 3 rings (SSSR count). The molecule has 27 heavy (non-hydrogen) atoms. The van der Waals surface area contributed by atoms with Crippen LogP contribution in [0.1, 0.15) is 18.5 Å². The lowest BCUT2D eigenvalue weighted by Gasteiger charge is -2.29. The fourth-order valence-corrected chi connectivity index (χ4v) is 3.53. The zero-order valence-corrected chi connectivity index (χ0v) is 17.8. The molecule has 1 atom stereocenters. The van der Waals surface area contributed by atoms with Crippen LogP contribution in [0, 0.1) is 0 Å². The average molecular weight is 495 g/mol. The number of anilines is 1. The van der Waals surface area contributed by atoms with E-state index in [1.807, 2.05) is 24.3 Å². The normalized spacial score (nSPS) is 16.4. The van der Waals surface area contributed by atoms with E-state index in [1.165, 1.54) is 0 Å². The summed E-state index contributed by atoms with van der Waals surface area (Å²) in [4.78, 5) is 25.1. The van der Waals surface area contributed by atoms with E-state index >= 15 is 0 Å². The van der Waals surface area contributed by atoms with Gasteiger partial charge in [0.15, 0.2) is 0 Å². The van der Waals surface area contributed by atoms with Crippen LogP contribution in [0.2, 0.25) is 0 Å². The zero-order valence-electron chi connectivity index (χ0n) is 14.6. The largest absolute Gasteiger partial charge is 0.496 e. The lowest BCUT2D eigenvalue weighted by molar-refractivity contribution is -0.113. The van der Waals surface area contributed by atoms with E-state index < -0.39 is 6.04 Å². The van der Waals surface area contributed by atoms with E-state index in [9.17, 15) is 9.59 Å². The SMILES string of the molecule is COc1ccc(Br)cc1[C@H]1NC(=O)NC(C)=C1C(=O)Nc1ccc(Br)cc1. The van der Waals surface area contributed by atoms with Crippen LogP contribution in [-0.2, 0) is 4.79 Å². The monoisotopic (exact) mass is 493 g/mol. The third-order valence-corrected chi connectivity index (χ3v) is 5.14. The van der Waals surface area contributed by atoms with Crippen LogP contribution in [0.5, 0.6) is 5.75 Å². The number of carbonyl (C=O) groups is 2. The highest BCUT2D eigenvalue weighted by molar-refractivity contribution is 9.10. The molecule has 2 aromatic rings.